The van der Waals surface area contributed by atoms with Crippen molar-refractivity contribution in [2.75, 3.05) is 19.6 Å². The Balaban J connectivity index is 1.32. The van der Waals surface area contributed by atoms with E-state index in [9.17, 15) is 5.26 Å². The molecule has 0 N–H and O–H groups in total. The Bertz CT molecular complexity index is 3430. The summed E-state index contributed by atoms with van der Waals surface area (Å²) >= 11 is 0. The van der Waals surface area contributed by atoms with Gasteiger partial charge in [0.05, 0.1) is 68.2 Å². The molecule has 0 amide bonds. The highest BCUT2D eigenvalue weighted by Gasteiger charge is 2.50. The molecule has 4 aliphatic heterocycles. The Kier molecular flexibility index (Phi) is 8.53. The van der Waals surface area contributed by atoms with Gasteiger partial charge in [-0.3, -0.25) is 9.80 Å². The number of nitriles is 1. The van der Waals surface area contributed by atoms with Crippen molar-refractivity contribution in [3.8, 4) is 52.1 Å². The topological polar surface area (TPSA) is 73.7 Å². The second-order valence-corrected chi connectivity index (χ2v) is 16.2. The minimum atomic E-state index is -5.17. The molecule has 13 rings (SSSR count). The van der Waals surface area contributed by atoms with Crippen molar-refractivity contribution in [1.29, 1.82) is 5.26 Å². The molecule has 0 unspecified atom stereocenters. The molecule has 0 aliphatic carbocycles. The summed E-state index contributed by atoms with van der Waals surface area (Å²) in [5.74, 6) is 2.88. The molecule has 0 saturated carbocycles. The minimum absolute atomic E-state index is 0.0219. The lowest BCUT2D eigenvalue weighted by molar-refractivity contribution is -0.136. The molecule has 0 fully saturated rings. The van der Waals surface area contributed by atoms with Gasteiger partial charge in [0, 0.05) is 0 Å². The lowest BCUT2D eigenvalue weighted by Crippen LogP contribution is -2.30. The fourth-order valence-corrected chi connectivity index (χ4v) is 9.73. The summed E-state index contributed by atoms with van der Waals surface area (Å²) in [6.07, 6.45) is -5.17. The van der Waals surface area contributed by atoms with Gasteiger partial charge in [-0.15, -0.1) is 0 Å². The Morgan fingerprint density at radius 2 is 0.529 bits per heavy atom. The fraction of sp³-hybridized carbons (Fsp3) is 0.0179. The third-order valence-electron chi connectivity index (χ3n) is 12.4. The fourth-order valence-electron chi connectivity index (χ4n) is 9.73. The van der Waals surface area contributed by atoms with E-state index in [1.807, 2.05) is 77.7 Å². The summed E-state index contributed by atoms with van der Waals surface area (Å²) < 4.78 is 79.2. The Morgan fingerprint density at radius 1 is 0.309 bits per heavy atom. The van der Waals surface area contributed by atoms with Crippen LogP contribution in [0.15, 0.2) is 194 Å². The average Bonchev–Trinajstić information content (AvgIpc) is 3.37. The molecule has 326 valence electrons. The molecule has 0 saturated heterocycles. The summed E-state index contributed by atoms with van der Waals surface area (Å²) in [4.78, 5) is 6.79. The second kappa shape index (κ2) is 14.8. The lowest BCUT2D eigenvalue weighted by Gasteiger charge is -2.45. The largest absolute Gasteiger partial charge is 0.453 e. The highest BCUT2D eigenvalue weighted by molar-refractivity contribution is 6.12. The van der Waals surface area contributed by atoms with Crippen molar-refractivity contribution in [3.63, 3.8) is 0 Å². The molecule has 9 aromatic carbocycles. The van der Waals surface area contributed by atoms with Crippen LogP contribution in [0, 0.1) is 11.3 Å². The number of benzene rings is 9. The standard InChI is InChI=1S/C56H32F3N5O4/c57-56(58,59)51-52(61-35-17-1-9-25-43(35)65-44-26-10-2-18-36(44)61)34(33-60)53(62-37-19-3-11-27-45(37)66-46-28-12-4-20-38(46)62)55(64-41-23-7-15-31-49(41)68-50-32-16-8-24-42(50)64)54(51)63-39-21-5-13-29-47(39)67-48-30-14-6-22-40(48)63/h1-32H. The molecule has 68 heavy (non-hydrogen) atoms. The third kappa shape index (κ3) is 5.75. The van der Waals surface area contributed by atoms with E-state index in [0.29, 0.717) is 91.5 Å². The first-order valence-electron chi connectivity index (χ1n) is 21.7. The zero-order valence-electron chi connectivity index (χ0n) is 35.5. The molecule has 9 aromatic rings. The maximum atomic E-state index is 17.7. The van der Waals surface area contributed by atoms with Crippen LogP contribution in [-0.4, -0.2) is 0 Å². The number of rotatable bonds is 4. The van der Waals surface area contributed by atoms with E-state index in [0.717, 1.165) is 0 Å². The first-order valence-corrected chi connectivity index (χ1v) is 21.7. The number of hydrogen-bond acceptors (Lipinski definition) is 9. The van der Waals surface area contributed by atoms with Crippen molar-refractivity contribution in [2.45, 2.75) is 6.18 Å². The summed E-state index contributed by atoms with van der Waals surface area (Å²) in [6, 6.07) is 59.3. The van der Waals surface area contributed by atoms with Gasteiger partial charge in [0.2, 0.25) is 0 Å². The van der Waals surface area contributed by atoms with E-state index in [2.05, 4.69) is 6.07 Å². The van der Waals surface area contributed by atoms with E-state index in [4.69, 9.17) is 18.9 Å². The van der Waals surface area contributed by atoms with E-state index in [1.165, 1.54) is 4.90 Å². The van der Waals surface area contributed by atoms with Gasteiger partial charge in [-0.05, 0) is 97.1 Å². The molecule has 0 radical (unpaired) electrons. The molecular weight excluding hydrogens is 864 g/mol. The van der Waals surface area contributed by atoms with Crippen LogP contribution in [-0.2, 0) is 6.18 Å². The van der Waals surface area contributed by atoms with Gasteiger partial charge in [-0.1, -0.05) is 97.1 Å². The summed E-state index contributed by atoms with van der Waals surface area (Å²) in [5.41, 5.74) is 1.16. The van der Waals surface area contributed by atoms with Gasteiger partial charge in [-0.2, -0.15) is 18.4 Å². The number of halogens is 3. The molecule has 0 aromatic heterocycles. The Labute approximate surface area is 387 Å². The summed E-state index contributed by atoms with van der Waals surface area (Å²) in [6.45, 7) is 0. The van der Waals surface area contributed by atoms with Crippen LogP contribution in [0.25, 0.3) is 0 Å². The number of fused-ring (bicyclic) bond motifs is 8. The van der Waals surface area contributed by atoms with Gasteiger partial charge in [0.1, 0.15) is 17.2 Å². The number of para-hydroxylation sites is 16. The highest BCUT2D eigenvalue weighted by Crippen LogP contribution is 2.68. The maximum Gasteiger partial charge on any atom is 0.420 e. The highest BCUT2D eigenvalue weighted by atomic mass is 19.4. The average molecular weight is 896 g/mol. The quantitative estimate of drug-likeness (QED) is 0.172. The van der Waals surface area contributed by atoms with Crippen molar-refractivity contribution in [2.24, 2.45) is 0 Å². The number of alkyl halides is 3. The predicted octanol–water partition coefficient (Wildman–Crippen LogP) is 16.9. The van der Waals surface area contributed by atoms with Crippen LogP contribution in [0.2, 0.25) is 0 Å². The number of nitrogens with zero attached hydrogens (tertiary/aromatic N) is 5. The van der Waals surface area contributed by atoms with Crippen LogP contribution in [0.3, 0.4) is 0 Å². The molecule has 4 aliphatic rings. The predicted molar refractivity (Wildman–Crippen MR) is 255 cm³/mol. The Hall–Kier alpha value is -9.34. The van der Waals surface area contributed by atoms with E-state index in [-0.39, 0.29) is 22.6 Å². The van der Waals surface area contributed by atoms with Crippen molar-refractivity contribution >= 4 is 68.2 Å². The molecule has 4 heterocycles. The number of ether oxygens (including phenoxy) is 4. The first kappa shape index (κ1) is 39.1. The zero-order valence-corrected chi connectivity index (χ0v) is 35.5. The van der Waals surface area contributed by atoms with Crippen LogP contribution in [0.4, 0.5) is 81.4 Å². The Morgan fingerprint density at radius 3 is 0.779 bits per heavy atom. The van der Waals surface area contributed by atoms with Gasteiger partial charge >= 0.3 is 6.18 Å². The third-order valence-corrected chi connectivity index (χ3v) is 12.4. The second-order valence-electron chi connectivity index (χ2n) is 16.2. The molecule has 0 atom stereocenters. The molecule has 9 nitrogen and oxygen atoms in total. The van der Waals surface area contributed by atoms with Gasteiger partial charge in [0.25, 0.3) is 0 Å². The van der Waals surface area contributed by atoms with Crippen LogP contribution in [0.1, 0.15) is 11.1 Å². The summed E-state index contributed by atoms with van der Waals surface area (Å²) in [7, 11) is 0. The zero-order chi connectivity index (χ0) is 45.7. The van der Waals surface area contributed by atoms with Crippen molar-refractivity contribution in [3.05, 3.63) is 205 Å². The van der Waals surface area contributed by atoms with Gasteiger partial charge < -0.3 is 28.7 Å². The summed E-state index contributed by atoms with van der Waals surface area (Å²) in [5, 5.41) is 12.2. The van der Waals surface area contributed by atoms with Crippen LogP contribution in [0.5, 0.6) is 46.0 Å². The maximum absolute atomic E-state index is 17.7. The smallest absolute Gasteiger partial charge is 0.420 e. The van der Waals surface area contributed by atoms with E-state index in [1.54, 1.807) is 131 Å². The minimum Gasteiger partial charge on any atom is -0.453 e. The van der Waals surface area contributed by atoms with Crippen LogP contribution < -0.4 is 38.5 Å². The molecule has 0 bridgehead atoms. The number of hydrogen-bond donors (Lipinski definition) is 0. The molecular formula is C56H32F3N5O4. The van der Waals surface area contributed by atoms with Gasteiger partial charge in [0.15, 0.2) is 46.0 Å². The number of anilines is 12. The first-order chi connectivity index (χ1) is 33.4. The lowest BCUT2D eigenvalue weighted by atomic mass is 9.92. The SMILES string of the molecule is N#Cc1c(N2c3ccccc3Oc3ccccc32)c(N2c3ccccc3Oc3ccccc32)c(N2c3ccccc3Oc3ccccc32)c(C(F)(F)F)c1N1c2ccccc2Oc2ccccc21. The van der Waals surface area contributed by atoms with Crippen molar-refractivity contribution < 1.29 is 32.1 Å². The van der Waals surface area contributed by atoms with Crippen molar-refractivity contribution in [1.82, 2.24) is 0 Å². The molecule has 12 heteroatoms. The normalized spacial score (nSPS) is 13.6. The van der Waals surface area contributed by atoms with E-state index >= 15 is 13.2 Å². The van der Waals surface area contributed by atoms with E-state index < -0.39 is 17.4 Å². The monoisotopic (exact) mass is 895 g/mol. The van der Waals surface area contributed by atoms with Gasteiger partial charge in [-0.25, -0.2) is 0 Å². The van der Waals surface area contributed by atoms with Crippen LogP contribution >= 0.6 is 0 Å². The molecule has 0 spiro atoms.